The maximum Gasteiger partial charge on any atom is 0.295 e. The van der Waals surface area contributed by atoms with Crippen molar-refractivity contribution in [2.75, 3.05) is 52.8 Å². The number of anilines is 1. The van der Waals surface area contributed by atoms with Crippen LogP contribution in [0.3, 0.4) is 0 Å². The third-order valence-electron chi connectivity index (χ3n) is 5.86. The highest BCUT2D eigenvalue weighted by atomic mass is 16.5. The van der Waals surface area contributed by atoms with Crippen LogP contribution in [0.5, 0.6) is 5.75 Å². The lowest BCUT2D eigenvalue weighted by Crippen LogP contribution is -2.35. The maximum atomic E-state index is 13.2. The molecule has 1 aliphatic rings. The first-order valence-corrected chi connectivity index (χ1v) is 11.2. The van der Waals surface area contributed by atoms with E-state index in [1.807, 2.05) is 69.2 Å². The number of Topliss-reactive ketones (excluding diaryl/α,β-unsaturated/α-hetero) is 1. The zero-order valence-corrected chi connectivity index (χ0v) is 20.5. The molecule has 1 N–H and O–H groups in total. The van der Waals surface area contributed by atoms with Crippen LogP contribution in [0.1, 0.15) is 22.7 Å². The summed E-state index contributed by atoms with van der Waals surface area (Å²) in [5, 5.41) is 11.3. The molecule has 180 valence electrons. The number of nitrogens with zero attached hydrogens (tertiary/aromatic N) is 3. The van der Waals surface area contributed by atoms with Crippen LogP contribution >= 0.6 is 0 Å². The van der Waals surface area contributed by atoms with E-state index in [2.05, 4.69) is 6.58 Å². The summed E-state index contributed by atoms with van der Waals surface area (Å²) in [6.07, 6.45) is 1.66. The fourth-order valence-corrected chi connectivity index (χ4v) is 3.98. The van der Waals surface area contributed by atoms with E-state index < -0.39 is 17.7 Å². The second-order valence-electron chi connectivity index (χ2n) is 8.86. The van der Waals surface area contributed by atoms with Gasteiger partial charge in [0.1, 0.15) is 18.1 Å². The van der Waals surface area contributed by atoms with Crippen molar-refractivity contribution >= 4 is 23.1 Å². The maximum absolute atomic E-state index is 13.2. The molecule has 1 fully saturated rings. The summed E-state index contributed by atoms with van der Waals surface area (Å²) in [5.41, 5.74) is 3.14. The van der Waals surface area contributed by atoms with E-state index in [1.54, 1.807) is 29.2 Å². The smallest absolute Gasteiger partial charge is 0.295 e. The fourth-order valence-electron chi connectivity index (χ4n) is 3.98. The summed E-state index contributed by atoms with van der Waals surface area (Å²) >= 11 is 0. The number of rotatable bonds is 9. The Morgan fingerprint density at radius 1 is 1.12 bits per heavy atom. The van der Waals surface area contributed by atoms with Gasteiger partial charge >= 0.3 is 0 Å². The van der Waals surface area contributed by atoms with Crippen LogP contribution in [0.25, 0.3) is 5.76 Å². The number of hydrogen-bond acceptors (Lipinski definition) is 6. The summed E-state index contributed by atoms with van der Waals surface area (Å²) in [5.74, 6) is -0.806. The van der Waals surface area contributed by atoms with E-state index in [-0.39, 0.29) is 11.3 Å². The number of aliphatic hydroxyl groups is 1. The number of aryl methyl sites for hydroxylation is 1. The molecule has 7 heteroatoms. The van der Waals surface area contributed by atoms with Crippen molar-refractivity contribution in [3.8, 4) is 5.75 Å². The molecule has 1 amide bonds. The molecular formula is C27H33N3O4. The number of amides is 1. The molecule has 0 bridgehead atoms. The lowest BCUT2D eigenvalue weighted by Gasteiger charge is -2.27. The molecule has 0 aliphatic carbocycles. The van der Waals surface area contributed by atoms with Gasteiger partial charge < -0.3 is 24.5 Å². The largest absolute Gasteiger partial charge is 0.507 e. The number of hydrogen-bond donors (Lipinski definition) is 1. The molecule has 0 radical (unpaired) electrons. The van der Waals surface area contributed by atoms with Crippen LogP contribution in [-0.2, 0) is 9.59 Å². The molecule has 34 heavy (non-hydrogen) atoms. The highest BCUT2D eigenvalue weighted by molar-refractivity contribution is 6.46. The minimum Gasteiger partial charge on any atom is -0.507 e. The van der Waals surface area contributed by atoms with Gasteiger partial charge in [-0.3, -0.25) is 9.59 Å². The van der Waals surface area contributed by atoms with E-state index >= 15 is 0 Å². The highest BCUT2D eigenvalue weighted by Crippen LogP contribution is 2.40. The summed E-state index contributed by atoms with van der Waals surface area (Å²) in [6, 6.07) is 12.2. The lowest BCUT2D eigenvalue weighted by molar-refractivity contribution is -0.140. The zero-order chi connectivity index (χ0) is 25.0. The minimum absolute atomic E-state index is 0.0977. The molecule has 0 aromatic heterocycles. The third kappa shape index (κ3) is 5.15. The van der Waals surface area contributed by atoms with Crippen molar-refractivity contribution in [3.63, 3.8) is 0 Å². The van der Waals surface area contributed by atoms with Gasteiger partial charge in [0.25, 0.3) is 11.7 Å². The third-order valence-corrected chi connectivity index (χ3v) is 5.86. The monoisotopic (exact) mass is 463 g/mol. The van der Waals surface area contributed by atoms with Crippen LogP contribution in [0.2, 0.25) is 0 Å². The molecule has 0 unspecified atom stereocenters. The predicted molar refractivity (Wildman–Crippen MR) is 135 cm³/mol. The topological polar surface area (TPSA) is 73.3 Å². The molecule has 0 spiro atoms. The number of aliphatic hydroxyl groups excluding tert-OH is 1. The molecule has 1 atom stereocenters. The first kappa shape index (κ1) is 25.1. The lowest BCUT2D eigenvalue weighted by atomic mass is 9.94. The molecule has 1 heterocycles. The van der Waals surface area contributed by atoms with Gasteiger partial charge in [0.15, 0.2) is 0 Å². The number of carbonyl (C=O) groups excluding carboxylic acids is 2. The van der Waals surface area contributed by atoms with Crippen molar-refractivity contribution in [1.29, 1.82) is 0 Å². The number of benzene rings is 2. The van der Waals surface area contributed by atoms with Crippen LogP contribution in [0, 0.1) is 6.92 Å². The predicted octanol–water partition coefficient (Wildman–Crippen LogP) is 3.61. The molecule has 1 aliphatic heterocycles. The highest BCUT2D eigenvalue weighted by Gasteiger charge is 2.45. The molecular weight excluding hydrogens is 430 g/mol. The van der Waals surface area contributed by atoms with Gasteiger partial charge in [0.05, 0.1) is 11.6 Å². The number of likely N-dealkylation sites (N-methyl/N-ethyl adjacent to an activating group) is 1. The Bertz CT molecular complexity index is 1100. The van der Waals surface area contributed by atoms with Gasteiger partial charge in [0, 0.05) is 38.4 Å². The second-order valence-corrected chi connectivity index (χ2v) is 8.86. The zero-order valence-electron chi connectivity index (χ0n) is 20.5. The van der Waals surface area contributed by atoms with Crippen molar-refractivity contribution in [3.05, 3.63) is 77.4 Å². The minimum atomic E-state index is -0.678. The molecule has 0 saturated carbocycles. The van der Waals surface area contributed by atoms with Gasteiger partial charge in [-0.25, -0.2) is 0 Å². The number of ketones is 1. The van der Waals surface area contributed by atoms with Gasteiger partial charge in [0.2, 0.25) is 0 Å². The quantitative estimate of drug-likeness (QED) is 0.265. The standard InChI is InChI=1S/C27H33N3O4/c1-7-16-34-22-13-10-20(17-18(22)2)25(31)23-24(19-8-11-21(12-9-19)29(5)6)30(15-14-28(3)4)27(33)26(23)32/h7-13,17,24,31H,1,14-16H2,2-6H3/t24-/m1/s1. The average molecular weight is 464 g/mol. The van der Waals surface area contributed by atoms with E-state index in [4.69, 9.17) is 4.74 Å². The van der Waals surface area contributed by atoms with Gasteiger partial charge in [-0.15, -0.1) is 0 Å². The average Bonchev–Trinajstić information content (AvgIpc) is 3.06. The molecule has 7 nitrogen and oxygen atoms in total. The van der Waals surface area contributed by atoms with Gasteiger partial charge in [-0.05, 0) is 62.5 Å². The summed E-state index contributed by atoms with van der Waals surface area (Å²) in [6.45, 7) is 6.84. The van der Waals surface area contributed by atoms with E-state index in [9.17, 15) is 14.7 Å². The Labute approximate surface area is 201 Å². The fraction of sp³-hybridized carbons (Fsp3) is 0.333. The second kappa shape index (κ2) is 10.6. The molecule has 2 aromatic rings. The SMILES string of the molecule is C=CCOc1ccc(C(O)=C2C(=O)C(=O)N(CCN(C)C)[C@@H]2c2ccc(N(C)C)cc2)cc1C. The Morgan fingerprint density at radius 2 is 1.79 bits per heavy atom. The number of likely N-dealkylation sites (tertiary alicyclic amines) is 1. The van der Waals surface area contributed by atoms with Crippen molar-refractivity contribution in [1.82, 2.24) is 9.80 Å². The Morgan fingerprint density at radius 3 is 2.35 bits per heavy atom. The van der Waals surface area contributed by atoms with Crippen molar-refractivity contribution in [2.45, 2.75) is 13.0 Å². The first-order chi connectivity index (χ1) is 16.1. The number of ether oxygens (including phenoxy) is 1. The van der Waals surface area contributed by atoms with E-state index in [0.29, 0.717) is 31.0 Å². The van der Waals surface area contributed by atoms with Crippen molar-refractivity contribution < 1.29 is 19.4 Å². The summed E-state index contributed by atoms with van der Waals surface area (Å²) < 4.78 is 5.62. The molecule has 3 rings (SSSR count). The molecule has 2 aromatic carbocycles. The number of carbonyl (C=O) groups is 2. The summed E-state index contributed by atoms with van der Waals surface area (Å²) in [7, 11) is 7.72. The molecule has 1 saturated heterocycles. The van der Waals surface area contributed by atoms with E-state index in [0.717, 1.165) is 16.8 Å². The van der Waals surface area contributed by atoms with Crippen LogP contribution in [0.4, 0.5) is 5.69 Å². The Balaban J connectivity index is 2.10. The summed E-state index contributed by atoms with van der Waals surface area (Å²) in [4.78, 5) is 31.7. The van der Waals surface area contributed by atoms with Crippen LogP contribution in [0.15, 0.2) is 60.7 Å². The van der Waals surface area contributed by atoms with Gasteiger partial charge in [-0.1, -0.05) is 24.8 Å². The van der Waals surface area contributed by atoms with E-state index in [1.165, 1.54) is 0 Å². The van der Waals surface area contributed by atoms with Crippen molar-refractivity contribution in [2.24, 2.45) is 0 Å². The Kier molecular flexibility index (Phi) is 7.79. The normalized spacial score (nSPS) is 17.4. The first-order valence-electron chi connectivity index (χ1n) is 11.2. The van der Waals surface area contributed by atoms with Crippen LogP contribution < -0.4 is 9.64 Å². The van der Waals surface area contributed by atoms with Crippen LogP contribution in [-0.4, -0.2) is 74.5 Å². The van der Waals surface area contributed by atoms with Gasteiger partial charge in [-0.2, -0.15) is 0 Å². The Hall–Kier alpha value is -3.58.